The van der Waals surface area contributed by atoms with Gasteiger partial charge in [0.25, 0.3) is 5.91 Å². The summed E-state index contributed by atoms with van der Waals surface area (Å²) in [7, 11) is 1.61. The molecule has 3 rings (SSSR count). The molecule has 1 N–H and O–H groups in total. The molecule has 0 aromatic heterocycles. The van der Waals surface area contributed by atoms with Crippen molar-refractivity contribution in [1.82, 2.24) is 15.1 Å². The highest BCUT2D eigenvalue weighted by molar-refractivity contribution is 5.94. The molecule has 2 unspecified atom stereocenters. The normalized spacial score (nSPS) is 22.3. The number of nitrogens with one attached hydrogen (secondary N) is 1. The Bertz CT molecular complexity index is 719. The van der Waals surface area contributed by atoms with E-state index >= 15 is 0 Å². The van der Waals surface area contributed by atoms with E-state index in [2.05, 4.69) is 5.32 Å². The number of nitrogens with zero attached hydrogens (tertiary/aromatic N) is 2. The molecule has 0 bridgehead atoms. The van der Waals surface area contributed by atoms with Gasteiger partial charge in [0.15, 0.2) is 0 Å². The first-order valence-electron chi connectivity index (χ1n) is 9.93. The highest BCUT2D eigenvalue weighted by atomic mass is 16.5. The zero-order valence-electron chi connectivity index (χ0n) is 16.6. The molecule has 0 aliphatic carbocycles. The van der Waals surface area contributed by atoms with Crippen molar-refractivity contribution >= 4 is 17.7 Å². The molecule has 2 aliphatic rings. The summed E-state index contributed by atoms with van der Waals surface area (Å²) in [6, 6.07) is 7.20. The fourth-order valence-corrected chi connectivity index (χ4v) is 4.18. The topological polar surface area (TPSA) is 79.0 Å². The molecule has 3 amide bonds. The van der Waals surface area contributed by atoms with Crippen LogP contribution in [-0.4, -0.2) is 67.4 Å². The number of piperidine rings is 1. The number of hydrogen-bond donors (Lipinski definition) is 1. The Balaban J connectivity index is 1.58. The van der Waals surface area contributed by atoms with Crippen LogP contribution in [0, 0.1) is 11.8 Å². The zero-order chi connectivity index (χ0) is 20.1. The maximum Gasteiger partial charge on any atom is 0.253 e. The molecule has 2 fully saturated rings. The summed E-state index contributed by atoms with van der Waals surface area (Å²) in [5.74, 6) is 1.52. The maximum atomic E-state index is 12.9. The van der Waals surface area contributed by atoms with Crippen molar-refractivity contribution in [1.29, 1.82) is 0 Å². The van der Waals surface area contributed by atoms with Gasteiger partial charge in [0.2, 0.25) is 11.8 Å². The predicted molar refractivity (Wildman–Crippen MR) is 105 cm³/mol. The fourth-order valence-electron chi connectivity index (χ4n) is 4.18. The molecule has 0 saturated carbocycles. The molecule has 28 heavy (non-hydrogen) atoms. The summed E-state index contributed by atoms with van der Waals surface area (Å²) in [6.45, 7) is 4.58. The van der Waals surface area contributed by atoms with E-state index in [1.165, 1.54) is 6.92 Å². The molecule has 2 atom stereocenters. The summed E-state index contributed by atoms with van der Waals surface area (Å²) in [5, 5.41) is 2.75. The van der Waals surface area contributed by atoms with E-state index in [0.29, 0.717) is 56.5 Å². The van der Waals surface area contributed by atoms with Crippen LogP contribution in [0.3, 0.4) is 0 Å². The first-order valence-corrected chi connectivity index (χ1v) is 9.93. The zero-order valence-corrected chi connectivity index (χ0v) is 16.6. The van der Waals surface area contributed by atoms with Gasteiger partial charge in [0.1, 0.15) is 5.75 Å². The Morgan fingerprint density at radius 2 is 1.86 bits per heavy atom. The number of carbonyl (C=O) groups is 3. The molecule has 0 radical (unpaired) electrons. The van der Waals surface area contributed by atoms with Crippen molar-refractivity contribution in [3.05, 3.63) is 29.8 Å². The minimum atomic E-state index is -0.0800. The summed E-state index contributed by atoms with van der Waals surface area (Å²) < 4.78 is 5.16. The lowest BCUT2D eigenvalue weighted by Crippen LogP contribution is -2.43. The summed E-state index contributed by atoms with van der Waals surface area (Å²) >= 11 is 0. The minimum Gasteiger partial charge on any atom is -0.497 e. The third kappa shape index (κ3) is 4.82. The lowest BCUT2D eigenvalue weighted by Gasteiger charge is -2.37. The Morgan fingerprint density at radius 1 is 1.14 bits per heavy atom. The van der Waals surface area contributed by atoms with Gasteiger partial charge in [-0.2, -0.15) is 0 Å². The smallest absolute Gasteiger partial charge is 0.253 e. The van der Waals surface area contributed by atoms with E-state index in [1.54, 1.807) is 31.4 Å². The van der Waals surface area contributed by atoms with Crippen LogP contribution in [0.1, 0.15) is 36.5 Å². The van der Waals surface area contributed by atoms with Crippen LogP contribution in [0.2, 0.25) is 0 Å². The first-order chi connectivity index (χ1) is 13.5. The van der Waals surface area contributed by atoms with E-state index in [1.807, 2.05) is 9.80 Å². The second kappa shape index (κ2) is 9.08. The number of fused-ring (bicyclic) bond motifs is 1. The van der Waals surface area contributed by atoms with Gasteiger partial charge < -0.3 is 19.9 Å². The van der Waals surface area contributed by atoms with E-state index < -0.39 is 0 Å². The molecule has 2 saturated heterocycles. The molecule has 1 aromatic rings. The van der Waals surface area contributed by atoms with Crippen LogP contribution in [-0.2, 0) is 9.59 Å². The van der Waals surface area contributed by atoms with Crippen molar-refractivity contribution in [3.8, 4) is 5.75 Å². The lowest BCUT2D eigenvalue weighted by atomic mass is 9.82. The SMILES string of the molecule is COc1ccc(C(=O)N2CCC3CC(=O)N(CCNC(C)=O)CCC3C2)cc1. The molecular formula is C21H29N3O4. The molecule has 0 spiro atoms. The molecule has 7 nitrogen and oxygen atoms in total. The standard InChI is InChI=1S/C21H29N3O4/c1-15(25)22-9-12-23-10-8-18-14-24(11-7-17(18)13-20(23)26)21(27)16-3-5-19(28-2)6-4-16/h3-6,17-18H,7-14H2,1-2H3,(H,22,25). The van der Waals surface area contributed by atoms with Crippen LogP contribution in [0.4, 0.5) is 0 Å². The van der Waals surface area contributed by atoms with Gasteiger partial charge in [-0.25, -0.2) is 0 Å². The lowest BCUT2D eigenvalue weighted by molar-refractivity contribution is -0.132. The summed E-state index contributed by atoms with van der Waals surface area (Å²) in [6.07, 6.45) is 2.29. The van der Waals surface area contributed by atoms with Crippen molar-refractivity contribution in [2.45, 2.75) is 26.2 Å². The van der Waals surface area contributed by atoms with Crippen LogP contribution in [0.25, 0.3) is 0 Å². The first kappa shape index (κ1) is 20.2. The van der Waals surface area contributed by atoms with Gasteiger partial charge in [0.05, 0.1) is 7.11 Å². The van der Waals surface area contributed by atoms with Crippen molar-refractivity contribution in [3.63, 3.8) is 0 Å². The number of benzene rings is 1. The van der Waals surface area contributed by atoms with Crippen molar-refractivity contribution in [2.75, 3.05) is 39.8 Å². The van der Waals surface area contributed by atoms with E-state index in [9.17, 15) is 14.4 Å². The highest BCUT2D eigenvalue weighted by Crippen LogP contribution is 2.33. The Morgan fingerprint density at radius 3 is 2.54 bits per heavy atom. The van der Waals surface area contributed by atoms with Gasteiger partial charge in [-0.05, 0) is 48.9 Å². The van der Waals surface area contributed by atoms with E-state index in [4.69, 9.17) is 4.74 Å². The van der Waals surface area contributed by atoms with Gasteiger partial charge in [0, 0.05) is 51.6 Å². The Hall–Kier alpha value is -2.57. The number of carbonyl (C=O) groups excluding carboxylic acids is 3. The molecule has 2 heterocycles. The third-order valence-electron chi connectivity index (χ3n) is 5.83. The number of likely N-dealkylation sites (tertiary alicyclic amines) is 2. The third-order valence-corrected chi connectivity index (χ3v) is 5.83. The van der Waals surface area contributed by atoms with Gasteiger partial charge >= 0.3 is 0 Å². The second-order valence-electron chi connectivity index (χ2n) is 7.65. The number of hydrogen-bond acceptors (Lipinski definition) is 4. The van der Waals surface area contributed by atoms with Crippen LogP contribution >= 0.6 is 0 Å². The minimum absolute atomic E-state index is 0.0409. The van der Waals surface area contributed by atoms with Gasteiger partial charge in [-0.1, -0.05) is 0 Å². The molecule has 1 aromatic carbocycles. The number of rotatable bonds is 5. The van der Waals surface area contributed by atoms with Crippen LogP contribution in [0.15, 0.2) is 24.3 Å². The molecule has 2 aliphatic heterocycles. The van der Waals surface area contributed by atoms with E-state index in [0.717, 1.165) is 18.6 Å². The monoisotopic (exact) mass is 387 g/mol. The fraction of sp³-hybridized carbons (Fsp3) is 0.571. The van der Waals surface area contributed by atoms with Gasteiger partial charge in [-0.15, -0.1) is 0 Å². The van der Waals surface area contributed by atoms with Crippen molar-refractivity contribution < 1.29 is 19.1 Å². The second-order valence-corrected chi connectivity index (χ2v) is 7.65. The molecule has 152 valence electrons. The molecule has 7 heteroatoms. The molecular weight excluding hydrogens is 358 g/mol. The predicted octanol–water partition coefficient (Wildman–Crippen LogP) is 1.53. The summed E-state index contributed by atoms with van der Waals surface area (Å²) in [4.78, 5) is 40.2. The number of ether oxygens (including phenoxy) is 1. The number of methoxy groups -OCH3 is 1. The van der Waals surface area contributed by atoms with Crippen LogP contribution < -0.4 is 10.1 Å². The van der Waals surface area contributed by atoms with Crippen LogP contribution in [0.5, 0.6) is 5.75 Å². The number of amides is 3. The quantitative estimate of drug-likeness (QED) is 0.831. The Labute approximate surface area is 166 Å². The Kier molecular flexibility index (Phi) is 6.54. The summed E-state index contributed by atoms with van der Waals surface area (Å²) in [5.41, 5.74) is 0.667. The largest absolute Gasteiger partial charge is 0.497 e. The average Bonchev–Trinajstić information content (AvgIpc) is 2.85. The average molecular weight is 387 g/mol. The maximum absolute atomic E-state index is 12.9. The van der Waals surface area contributed by atoms with Crippen molar-refractivity contribution in [2.24, 2.45) is 11.8 Å². The van der Waals surface area contributed by atoms with E-state index in [-0.39, 0.29) is 17.7 Å². The highest BCUT2D eigenvalue weighted by Gasteiger charge is 2.36. The van der Waals surface area contributed by atoms with Gasteiger partial charge in [-0.3, -0.25) is 14.4 Å².